The molecule has 0 spiro atoms. The fourth-order valence-corrected chi connectivity index (χ4v) is 2.91. The Morgan fingerprint density at radius 3 is 2.50 bits per heavy atom. The SMILES string of the molecule is Cc1cc(F)ccc1C(=O)c1ccc2c(c1)CCCC2. The Kier molecular flexibility index (Phi) is 3.39. The van der Waals surface area contributed by atoms with E-state index in [1.54, 1.807) is 13.0 Å². The van der Waals surface area contributed by atoms with Gasteiger partial charge < -0.3 is 0 Å². The number of carbonyl (C=O) groups excluding carboxylic acids is 1. The normalized spacial score (nSPS) is 13.9. The molecular formula is C18H17FO. The van der Waals surface area contributed by atoms with Gasteiger partial charge in [0.15, 0.2) is 5.78 Å². The summed E-state index contributed by atoms with van der Waals surface area (Å²) in [6.45, 7) is 1.77. The molecule has 0 aromatic heterocycles. The van der Waals surface area contributed by atoms with Crippen LogP contribution in [0.2, 0.25) is 0 Å². The maximum atomic E-state index is 13.1. The Morgan fingerprint density at radius 1 is 1.00 bits per heavy atom. The van der Waals surface area contributed by atoms with Crippen LogP contribution in [0.15, 0.2) is 36.4 Å². The summed E-state index contributed by atoms with van der Waals surface area (Å²) in [6, 6.07) is 10.3. The topological polar surface area (TPSA) is 17.1 Å². The summed E-state index contributed by atoms with van der Waals surface area (Å²) >= 11 is 0. The van der Waals surface area contributed by atoms with Crippen LogP contribution in [0.1, 0.15) is 45.5 Å². The Bertz CT molecular complexity index is 673. The van der Waals surface area contributed by atoms with Crippen molar-refractivity contribution in [3.8, 4) is 0 Å². The first-order valence-electron chi connectivity index (χ1n) is 7.08. The number of ketones is 1. The Morgan fingerprint density at radius 2 is 1.75 bits per heavy atom. The van der Waals surface area contributed by atoms with Crippen molar-refractivity contribution in [2.45, 2.75) is 32.6 Å². The summed E-state index contributed by atoms with van der Waals surface area (Å²) in [5.74, 6) is -0.319. The molecule has 0 bridgehead atoms. The van der Waals surface area contributed by atoms with Gasteiger partial charge in [0.05, 0.1) is 0 Å². The molecule has 0 saturated heterocycles. The average molecular weight is 268 g/mol. The largest absolute Gasteiger partial charge is 0.289 e. The van der Waals surface area contributed by atoms with E-state index in [2.05, 4.69) is 6.07 Å². The molecule has 2 aromatic rings. The van der Waals surface area contributed by atoms with Crippen LogP contribution in [-0.2, 0) is 12.8 Å². The first-order valence-corrected chi connectivity index (χ1v) is 7.08. The summed E-state index contributed by atoms with van der Waals surface area (Å²) in [5, 5.41) is 0. The van der Waals surface area contributed by atoms with Crippen molar-refractivity contribution in [1.29, 1.82) is 0 Å². The summed E-state index contributed by atoms with van der Waals surface area (Å²) in [5.41, 5.74) is 4.64. The molecule has 102 valence electrons. The van der Waals surface area contributed by atoms with E-state index < -0.39 is 0 Å². The third-order valence-electron chi connectivity index (χ3n) is 4.04. The monoisotopic (exact) mass is 268 g/mol. The van der Waals surface area contributed by atoms with Crippen LogP contribution < -0.4 is 0 Å². The number of rotatable bonds is 2. The van der Waals surface area contributed by atoms with E-state index in [1.807, 2.05) is 12.1 Å². The number of hydrogen-bond acceptors (Lipinski definition) is 1. The summed E-state index contributed by atoms with van der Waals surface area (Å²) in [4.78, 5) is 12.5. The van der Waals surface area contributed by atoms with E-state index in [9.17, 15) is 9.18 Å². The molecular weight excluding hydrogens is 251 g/mol. The van der Waals surface area contributed by atoms with Gasteiger partial charge in [-0.3, -0.25) is 4.79 Å². The van der Waals surface area contributed by atoms with E-state index in [-0.39, 0.29) is 11.6 Å². The van der Waals surface area contributed by atoms with Crippen molar-refractivity contribution in [2.75, 3.05) is 0 Å². The second-order valence-corrected chi connectivity index (χ2v) is 5.48. The molecule has 1 nitrogen and oxygen atoms in total. The minimum Gasteiger partial charge on any atom is -0.289 e. The molecule has 0 amide bonds. The molecule has 2 heteroatoms. The van der Waals surface area contributed by atoms with Gasteiger partial charge in [0, 0.05) is 11.1 Å². The minimum atomic E-state index is -0.301. The molecule has 0 fully saturated rings. The van der Waals surface area contributed by atoms with Crippen molar-refractivity contribution in [2.24, 2.45) is 0 Å². The highest BCUT2D eigenvalue weighted by Crippen LogP contribution is 2.24. The quantitative estimate of drug-likeness (QED) is 0.744. The van der Waals surface area contributed by atoms with Crippen LogP contribution in [0.5, 0.6) is 0 Å². The third kappa shape index (κ3) is 2.38. The fourth-order valence-electron chi connectivity index (χ4n) is 2.91. The molecule has 0 atom stereocenters. The van der Waals surface area contributed by atoms with Crippen LogP contribution in [0.25, 0.3) is 0 Å². The lowest BCUT2D eigenvalue weighted by atomic mass is 9.88. The predicted molar refractivity (Wildman–Crippen MR) is 77.7 cm³/mol. The summed E-state index contributed by atoms with van der Waals surface area (Å²) < 4.78 is 13.1. The Labute approximate surface area is 118 Å². The van der Waals surface area contributed by atoms with Gasteiger partial charge in [0.1, 0.15) is 5.82 Å². The number of aryl methyl sites for hydroxylation is 3. The van der Waals surface area contributed by atoms with Crippen molar-refractivity contribution < 1.29 is 9.18 Å². The zero-order valence-corrected chi connectivity index (χ0v) is 11.6. The van der Waals surface area contributed by atoms with Gasteiger partial charge in [-0.2, -0.15) is 0 Å². The smallest absolute Gasteiger partial charge is 0.193 e. The van der Waals surface area contributed by atoms with Crippen molar-refractivity contribution in [1.82, 2.24) is 0 Å². The van der Waals surface area contributed by atoms with E-state index in [4.69, 9.17) is 0 Å². The molecule has 2 aromatic carbocycles. The number of halogens is 1. The van der Waals surface area contributed by atoms with Gasteiger partial charge in [0.2, 0.25) is 0 Å². The first kappa shape index (κ1) is 13.0. The fraction of sp³-hybridized carbons (Fsp3) is 0.278. The van der Waals surface area contributed by atoms with E-state index in [0.717, 1.165) is 12.8 Å². The Balaban J connectivity index is 1.98. The maximum absolute atomic E-state index is 13.1. The highest BCUT2D eigenvalue weighted by atomic mass is 19.1. The molecule has 1 aliphatic rings. The van der Waals surface area contributed by atoms with Crippen LogP contribution in [0, 0.1) is 12.7 Å². The van der Waals surface area contributed by atoms with Crippen molar-refractivity contribution >= 4 is 5.78 Å². The van der Waals surface area contributed by atoms with Gasteiger partial charge >= 0.3 is 0 Å². The standard InChI is InChI=1S/C18H17FO/c1-12-10-16(19)8-9-17(12)18(20)15-7-6-13-4-2-3-5-14(13)11-15/h6-11H,2-5H2,1H3. The number of benzene rings is 2. The number of fused-ring (bicyclic) bond motifs is 1. The molecule has 0 saturated carbocycles. The second kappa shape index (κ2) is 5.20. The Hall–Kier alpha value is -1.96. The van der Waals surface area contributed by atoms with Crippen molar-refractivity contribution in [3.63, 3.8) is 0 Å². The first-order chi connectivity index (χ1) is 9.65. The zero-order chi connectivity index (χ0) is 14.1. The minimum absolute atomic E-state index is 0.0177. The highest BCUT2D eigenvalue weighted by Gasteiger charge is 2.15. The molecule has 0 aliphatic heterocycles. The van der Waals surface area contributed by atoms with Gasteiger partial charge in [-0.15, -0.1) is 0 Å². The number of carbonyl (C=O) groups is 1. The molecule has 0 unspecified atom stereocenters. The predicted octanol–water partition coefficient (Wildman–Crippen LogP) is 4.24. The van der Waals surface area contributed by atoms with Crippen LogP contribution in [0.3, 0.4) is 0 Å². The van der Waals surface area contributed by atoms with Gasteiger partial charge in [-0.1, -0.05) is 12.1 Å². The average Bonchev–Trinajstić information content (AvgIpc) is 2.46. The highest BCUT2D eigenvalue weighted by molar-refractivity contribution is 6.10. The molecule has 3 rings (SSSR count). The van der Waals surface area contributed by atoms with E-state index >= 15 is 0 Å². The lowest BCUT2D eigenvalue weighted by Gasteiger charge is -2.16. The van der Waals surface area contributed by atoms with Crippen LogP contribution >= 0.6 is 0 Å². The summed E-state index contributed by atoms with van der Waals surface area (Å²) in [7, 11) is 0. The zero-order valence-electron chi connectivity index (χ0n) is 11.6. The molecule has 0 radical (unpaired) electrons. The van der Waals surface area contributed by atoms with Crippen molar-refractivity contribution in [3.05, 3.63) is 70.0 Å². The lowest BCUT2D eigenvalue weighted by Crippen LogP contribution is -2.08. The number of hydrogen-bond donors (Lipinski definition) is 0. The van der Waals surface area contributed by atoms with E-state index in [0.29, 0.717) is 16.7 Å². The second-order valence-electron chi connectivity index (χ2n) is 5.48. The van der Waals surface area contributed by atoms with E-state index in [1.165, 1.54) is 36.1 Å². The third-order valence-corrected chi connectivity index (χ3v) is 4.04. The van der Waals surface area contributed by atoms with Gasteiger partial charge in [-0.25, -0.2) is 4.39 Å². The lowest BCUT2D eigenvalue weighted by molar-refractivity contribution is 0.103. The molecule has 20 heavy (non-hydrogen) atoms. The van der Waals surface area contributed by atoms with Gasteiger partial charge in [0.25, 0.3) is 0 Å². The molecule has 1 aliphatic carbocycles. The summed E-state index contributed by atoms with van der Waals surface area (Å²) in [6.07, 6.45) is 4.59. The van der Waals surface area contributed by atoms with Gasteiger partial charge in [-0.05, 0) is 73.6 Å². The molecule has 0 heterocycles. The van der Waals surface area contributed by atoms with Crippen LogP contribution in [0.4, 0.5) is 4.39 Å². The molecule has 0 N–H and O–H groups in total. The maximum Gasteiger partial charge on any atom is 0.193 e. The van der Waals surface area contributed by atoms with Crippen LogP contribution in [-0.4, -0.2) is 5.78 Å².